The molecule has 1 aliphatic rings. The van der Waals surface area contributed by atoms with Crippen molar-refractivity contribution in [3.63, 3.8) is 0 Å². The standard InChI is InChI=1S/C26H26N2O4S/c1-15-6-5-7-16(8-15)21-10-18-22(32-21)11-19(27(18)4)25(31)28-12-17-9-23(20(30)13-29)33-24(17)26(2,3)14-28/h5-11,29H,12-14H2,1-4H3. The molecule has 0 unspecified atom stereocenters. The molecule has 0 bridgehead atoms. The van der Waals surface area contributed by atoms with Crippen LogP contribution in [0.2, 0.25) is 0 Å². The van der Waals surface area contributed by atoms with E-state index in [0.717, 1.165) is 32.8 Å². The number of nitrogens with zero attached hydrogens (tertiary/aromatic N) is 2. The molecular weight excluding hydrogens is 436 g/mol. The molecule has 0 atom stereocenters. The van der Waals surface area contributed by atoms with Crippen molar-refractivity contribution in [3.8, 4) is 11.3 Å². The molecule has 1 amide bonds. The number of aromatic nitrogens is 1. The number of furan rings is 1. The van der Waals surface area contributed by atoms with Crippen molar-refractivity contribution in [1.82, 2.24) is 9.47 Å². The zero-order valence-corrected chi connectivity index (χ0v) is 20.0. The van der Waals surface area contributed by atoms with Crippen LogP contribution in [0.3, 0.4) is 0 Å². The fourth-order valence-electron chi connectivity index (χ4n) is 4.71. The van der Waals surface area contributed by atoms with E-state index >= 15 is 0 Å². The number of carbonyl (C=O) groups excluding carboxylic acids is 2. The van der Waals surface area contributed by atoms with Crippen LogP contribution < -0.4 is 0 Å². The van der Waals surface area contributed by atoms with E-state index in [1.807, 2.05) is 59.8 Å². The Labute approximate surface area is 196 Å². The van der Waals surface area contributed by atoms with E-state index in [0.29, 0.717) is 29.2 Å². The molecule has 0 saturated carbocycles. The Morgan fingerprint density at radius 2 is 1.97 bits per heavy atom. The minimum absolute atomic E-state index is 0.0686. The summed E-state index contributed by atoms with van der Waals surface area (Å²) in [6.07, 6.45) is 0. The van der Waals surface area contributed by atoms with E-state index in [9.17, 15) is 14.7 Å². The number of benzene rings is 1. The number of aliphatic hydroxyl groups excluding tert-OH is 1. The number of ketones is 1. The van der Waals surface area contributed by atoms with Crippen LogP contribution in [0.4, 0.5) is 0 Å². The lowest BCUT2D eigenvalue weighted by molar-refractivity contribution is 0.0680. The van der Waals surface area contributed by atoms with Crippen molar-refractivity contribution >= 4 is 34.1 Å². The van der Waals surface area contributed by atoms with Gasteiger partial charge in [-0.3, -0.25) is 9.59 Å². The van der Waals surface area contributed by atoms with E-state index in [2.05, 4.69) is 19.9 Å². The number of aryl methyl sites for hydroxylation is 2. The maximum absolute atomic E-state index is 13.5. The smallest absolute Gasteiger partial charge is 0.270 e. The van der Waals surface area contributed by atoms with E-state index in [1.165, 1.54) is 11.3 Å². The zero-order chi connectivity index (χ0) is 23.5. The predicted octanol–water partition coefficient (Wildman–Crippen LogP) is 4.92. The van der Waals surface area contributed by atoms with Crippen LogP contribution in [0.1, 0.15) is 50.0 Å². The largest absolute Gasteiger partial charge is 0.454 e. The number of Topliss-reactive ketones (excluding diaryl/α,β-unsaturated/α-hetero) is 1. The molecule has 4 heterocycles. The first-order valence-corrected chi connectivity index (χ1v) is 11.7. The van der Waals surface area contributed by atoms with E-state index in [1.54, 1.807) is 0 Å². The van der Waals surface area contributed by atoms with Gasteiger partial charge in [-0.05, 0) is 24.6 Å². The molecule has 33 heavy (non-hydrogen) atoms. The lowest BCUT2D eigenvalue weighted by atomic mass is 9.85. The Morgan fingerprint density at radius 3 is 2.67 bits per heavy atom. The number of fused-ring (bicyclic) bond motifs is 2. The fraction of sp³-hybridized carbons (Fsp3) is 0.308. The summed E-state index contributed by atoms with van der Waals surface area (Å²) in [6.45, 7) is 6.70. The fourth-order valence-corrected chi connectivity index (χ4v) is 5.90. The van der Waals surface area contributed by atoms with Gasteiger partial charge in [0, 0.05) is 48.1 Å². The second kappa shape index (κ2) is 7.71. The van der Waals surface area contributed by atoms with E-state index in [-0.39, 0.29) is 17.1 Å². The number of aliphatic hydroxyl groups is 1. The first-order valence-electron chi connectivity index (χ1n) is 10.9. The van der Waals surface area contributed by atoms with Gasteiger partial charge in [0.25, 0.3) is 5.91 Å². The summed E-state index contributed by atoms with van der Waals surface area (Å²) in [4.78, 5) is 29.0. The molecule has 7 heteroatoms. The minimum atomic E-state index is -0.505. The summed E-state index contributed by atoms with van der Waals surface area (Å²) < 4.78 is 7.98. The summed E-state index contributed by atoms with van der Waals surface area (Å²) in [6, 6.07) is 13.8. The van der Waals surface area contributed by atoms with Gasteiger partial charge in [-0.1, -0.05) is 37.6 Å². The number of rotatable bonds is 4. The molecule has 0 spiro atoms. The van der Waals surface area contributed by atoms with Gasteiger partial charge in [-0.25, -0.2) is 0 Å². The Morgan fingerprint density at radius 1 is 1.18 bits per heavy atom. The number of thiophene rings is 1. The van der Waals surface area contributed by atoms with Gasteiger partial charge in [0.05, 0.1) is 10.4 Å². The SMILES string of the molecule is Cc1cccc(-c2cc3c(cc(C(=O)N4Cc5cc(C(=O)CO)sc5C(C)(C)C4)n3C)o2)c1. The topological polar surface area (TPSA) is 75.7 Å². The van der Waals surface area contributed by atoms with Gasteiger partial charge < -0.3 is 19.0 Å². The molecule has 1 aliphatic heterocycles. The van der Waals surface area contributed by atoms with Gasteiger partial charge in [0.2, 0.25) is 0 Å². The quantitative estimate of drug-likeness (QED) is 0.437. The molecule has 0 fully saturated rings. The highest BCUT2D eigenvalue weighted by Crippen LogP contribution is 2.40. The molecule has 3 aromatic heterocycles. The minimum Gasteiger partial charge on any atom is -0.454 e. The third-order valence-corrected chi connectivity index (χ3v) is 7.91. The number of amides is 1. The lowest BCUT2D eigenvalue weighted by Crippen LogP contribution is -2.44. The van der Waals surface area contributed by atoms with Crippen LogP contribution in [0.15, 0.2) is 46.9 Å². The van der Waals surface area contributed by atoms with Crippen molar-refractivity contribution in [2.75, 3.05) is 13.2 Å². The second-order valence-corrected chi connectivity index (χ2v) is 10.5. The zero-order valence-electron chi connectivity index (χ0n) is 19.1. The average molecular weight is 463 g/mol. The van der Waals surface area contributed by atoms with Gasteiger partial charge in [0.15, 0.2) is 11.4 Å². The molecule has 4 aromatic rings. The van der Waals surface area contributed by atoms with Gasteiger partial charge in [-0.2, -0.15) is 0 Å². The van der Waals surface area contributed by atoms with Crippen molar-refractivity contribution in [1.29, 1.82) is 0 Å². The Balaban J connectivity index is 1.46. The highest BCUT2D eigenvalue weighted by atomic mass is 32.1. The summed E-state index contributed by atoms with van der Waals surface area (Å²) in [5.41, 5.74) is 4.98. The number of hydrogen-bond donors (Lipinski definition) is 1. The second-order valence-electron chi connectivity index (χ2n) is 9.41. The first-order chi connectivity index (χ1) is 15.7. The van der Waals surface area contributed by atoms with Gasteiger partial charge in [-0.15, -0.1) is 11.3 Å². The van der Waals surface area contributed by atoms with Crippen LogP contribution >= 0.6 is 11.3 Å². The summed E-state index contributed by atoms with van der Waals surface area (Å²) in [5.74, 6) is 0.428. The summed E-state index contributed by atoms with van der Waals surface area (Å²) in [7, 11) is 1.88. The molecule has 1 N–H and O–H groups in total. The lowest BCUT2D eigenvalue weighted by Gasteiger charge is -2.38. The Hall–Kier alpha value is -3.16. The summed E-state index contributed by atoms with van der Waals surface area (Å²) >= 11 is 1.43. The van der Waals surface area contributed by atoms with Crippen LogP contribution in [-0.4, -0.2) is 39.4 Å². The molecular formula is C26H26N2O4S. The highest BCUT2D eigenvalue weighted by Gasteiger charge is 2.37. The maximum atomic E-state index is 13.5. The monoisotopic (exact) mass is 462 g/mol. The van der Waals surface area contributed by atoms with E-state index < -0.39 is 6.61 Å². The Bertz CT molecular complexity index is 1410. The maximum Gasteiger partial charge on any atom is 0.270 e. The van der Waals surface area contributed by atoms with E-state index in [4.69, 9.17) is 4.42 Å². The van der Waals surface area contributed by atoms with Gasteiger partial charge >= 0.3 is 0 Å². The van der Waals surface area contributed by atoms with Crippen LogP contribution in [0, 0.1) is 6.92 Å². The number of hydrogen-bond acceptors (Lipinski definition) is 5. The van der Waals surface area contributed by atoms with Crippen LogP contribution in [0.5, 0.6) is 0 Å². The van der Waals surface area contributed by atoms with Crippen molar-refractivity contribution < 1.29 is 19.1 Å². The van der Waals surface area contributed by atoms with Crippen molar-refractivity contribution in [2.45, 2.75) is 32.7 Å². The molecule has 5 rings (SSSR count). The first kappa shape index (κ1) is 21.7. The molecule has 1 aromatic carbocycles. The van der Waals surface area contributed by atoms with Crippen LogP contribution in [-0.2, 0) is 19.0 Å². The molecule has 0 radical (unpaired) electrons. The molecule has 0 saturated heterocycles. The third kappa shape index (κ3) is 3.61. The highest BCUT2D eigenvalue weighted by molar-refractivity contribution is 7.14. The molecule has 6 nitrogen and oxygen atoms in total. The molecule has 0 aliphatic carbocycles. The summed E-state index contributed by atoms with van der Waals surface area (Å²) in [5, 5.41) is 9.23. The van der Waals surface area contributed by atoms with Crippen LogP contribution in [0.25, 0.3) is 22.4 Å². The average Bonchev–Trinajstić information content (AvgIpc) is 3.47. The normalized spacial score (nSPS) is 15.1. The number of carbonyl (C=O) groups is 2. The molecule has 170 valence electrons. The predicted molar refractivity (Wildman–Crippen MR) is 129 cm³/mol. The Kier molecular flexibility index (Phi) is 5.06. The third-order valence-electron chi connectivity index (χ3n) is 6.33. The van der Waals surface area contributed by atoms with Crippen molar-refractivity contribution in [3.05, 3.63) is 69.0 Å². The van der Waals surface area contributed by atoms with Gasteiger partial charge in [0.1, 0.15) is 18.1 Å². The van der Waals surface area contributed by atoms with Crippen molar-refractivity contribution in [2.24, 2.45) is 7.05 Å².